The van der Waals surface area contributed by atoms with Gasteiger partial charge in [-0.05, 0) is 67.2 Å². The highest BCUT2D eigenvalue weighted by atomic mass is 16.4. The zero-order chi connectivity index (χ0) is 20.0. The van der Waals surface area contributed by atoms with Gasteiger partial charge in [-0.25, -0.2) is 9.59 Å². The summed E-state index contributed by atoms with van der Waals surface area (Å²) in [6.07, 6.45) is 7.28. The number of anilines is 1. The molecular weight excluding hydrogens is 344 g/mol. The predicted molar refractivity (Wildman–Crippen MR) is 105 cm³/mol. The van der Waals surface area contributed by atoms with Gasteiger partial charge < -0.3 is 15.9 Å². The maximum Gasteiger partial charge on any atom is 0.328 e. The summed E-state index contributed by atoms with van der Waals surface area (Å²) in [4.78, 5) is 23.5. The average molecular weight is 366 g/mol. The van der Waals surface area contributed by atoms with E-state index in [1.165, 1.54) is 27.8 Å². The molecule has 1 heterocycles. The number of rotatable bonds is 3. The van der Waals surface area contributed by atoms with Crippen LogP contribution in [0.15, 0.2) is 42.6 Å². The molecule has 1 aliphatic rings. The number of allylic oxidation sites excluding steroid dienone is 1. The van der Waals surface area contributed by atoms with Crippen molar-refractivity contribution in [2.24, 2.45) is 0 Å². The second kappa shape index (κ2) is 8.80. The molecule has 3 rings (SSSR count). The molecule has 140 valence electrons. The van der Waals surface area contributed by atoms with Gasteiger partial charge in [-0.2, -0.15) is 0 Å². The fourth-order valence-electron chi connectivity index (χ4n) is 2.99. The summed E-state index contributed by atoms with van der Waals surface area (Å²) in [7, 11) is 0. The first-order valence-corrected chi connectivity index (χ1v) is 8.43. The molecule has 0 bridgehead atoms. The van der Waals surface area contributed by atoms with Crippen molar-refractivity contribution in [3.63, 3.8) is 0 Å². The molecule has 0 atom stereocenters. The summed E-state index contributed by atoms with van der Waals surface area (Å²) in [6.45, 7) is 4.34. The number of aryl methyl sites for hydroxylation is 2. The Balaban J connectivity index is 0.000000279. The molecule has 0 amide bonds. The van der Waals surface area contributed by atoms with Gasteiger partial charge in [-0.1, -0.05) is 17.7 Å². The van der Waals surface area contributed by atoms with E-state index in [2.05, 4.69) is 37.0 Å². The highest BCUT2D eigenvalue weighted by Gasteiger charge is 2.14. The number of nitrogens with zero attached hydrogens (tertiary/aromatic N) is 1. The molecule has 1 aromatic heterocycles. The van der Waals surface area contributed by atoms with Gasteiger partial charge in [-0.15, -0.1) is 0 Å². The fourth-order valence-corrected chi connectivity index (χ4v) is 2.99. The van der Waals surface area contributed by atoms with Crippen molar-refractivity contribution in [2.75, 3.05) is 5.73 Å². The van der Waals surface area contributed by atoms with E-state index in [0.29, 0.717) is 12.2 Å². The molecule has 1 aliphatic carbocycles. The van der Waals surface area contributed by atoms with E-state index >= 15 is 0 Å². The second-order valence-electron chi connectivity index (χ2n) is 6.30. The first-order valence-electron chi connectivity index (χ1n) is 8.43. The molecule has 0 spiro atoms. The lowest BCUT2D eigenvalue weighted by Crippen LogP contribution is -2.03. The molecule has 0 fully saturated rings. The van der Waals surface area contributed by atoms with Crippen LogP contribution >= 0.6 is 0 Å². The number of carboxylic acid groups (broad SMARTS) is 2. The number of nitrogens with two attached hydrogens (primary N) is 1. The molecule has 6 nitrogen and oxygen atoms in total. The maximum atomic E-state index is 9.55. The van der Waals surface area contributed by atoms with Gasteiger partial charge in [0.15, 0.2) is 0 Å². The van der Waals surface area contributed by atoms with Crippen molar-refractivity contribution < 1.29 is 19.8 Å². The maximum absolute atomic E-state index is 9.55. The van der Waals surface area contributed by atoms with Gasteiger partial charge in [0, 0.05) is 24.0 Å². The number of carbonyl (C=O) groups is 2. The van der Waals surface area contributed by atoms with E-state index in [1.54, 1.807) is 6.20 Å². The van der Waals surface area contributed by atoms with E-state index in [4.69, 9.17) is 15.9 Å². The normalized spacial score (nSPS) is 12.6. The third kappa shape index (κ3) is 5.81. The highest BCUT2D eigenvalue weighted by Crippen LogP contribution is 2.32. The summed E-state index contributed by atoms with van der Waals surface area (Å²) >= 11 is 0. The molecule has 0 saturated carbocycles. The van der Waals surface area contributed by atoms with Crippen LogP contribution in [0.2, 0.25) is 0 Å². The van der Waals surface area contributed by atoms with Crippen LogP contribution in [0.4, 0.5) is 5.69 Å². The first-order chi connectivity index (χ1) is 12.8. The SMILES string of the molecule is Cc1cc(C)c2c(c1)C=C(c1cc(N)ccn1)CC2.O=C(O)/C=C/C(=O)O. The van der Waals surface area contributed by atoms with Crippen LogP contribution in [0.3, 0.4) is 0 Å². The Morgan fingerprint density at radius 2 is 1.74 bits per heavy atom. The Morgan fingerprint density at radius 1 is 1.07 bits per heavy atom. The van der Waals surface area contributed by atoms with Crippen LogP contribution in [0.5, 0.6) is 0 Å². The second-order valence-corrected chi connectivity index (χ2v) is 6.30. The van der Waals surface area contributed by atoms with E-state index in [1.807, 2.05) is 12.1 Å². The van der Waals surface area contributed by atoms with E-state index in [-0.39, 0.29) is 0 Å². The summed E-state index contributed by atoms with van der Waals surface area (Å²) in [5.74, 6) is -2.51. The zero-order valence-electron chi connectivity index (χ0n) is 15.3. The van der Waals surface area contributed by atoms with Gasteiger partial charge in [0.05, 0.1) is 5.69 Å². The molecule has 0 unspecified atom stereocenters. The van der Waals surface area contributed by atoms with Gasteiger partial charge in [0.1, 0.15) is 0 Å². The van der Waals surface area contributed by atoms with Crippen molar-refractivity contribution in [1.29, 1.82) is 0 Å². The number of benzene rings is 1. The zero-order valence-corrected chi connectivity index (χ0v) is 15.3. The standard InChI is InChI=1S/C17H18N2.C4H4O4/c1-11-7-12(2)16-4-3-13(9-14(16)8-11)17-10-15(18)5-6-19-17;5-3(6)1-2-4(7)8/h5-10H,3-4H2,1-2H3,(H2,18,19);1-2H,(H,5,6)(H,7,8)/b;2-1+. The largest absolute Gasteiger partial charge is 0.478 e. The summed E-state index contributed by atoms with van der Waals surface area (Å²) in [5.41, 5.74) is 14.4. The van der Waals surface area contributed by atoms with Gasteiger partial charge in [0.2, 0.25) is 0 Å². The lowest BCUT2D eigenvalue weighted by atomic mass is 9.87. The number of aliphatic carboxylic acids is 2. The lowest BCUT2D eigenvalue weighted by Gasteiger charge is -2.19. The molecule has 6 heteroatoms. The van der Waals surface area contributed by atoms with Gasteiger partial charge in [-0.3, -0.25) is 4.98 Å². The van der Waals surface area contributed by atoms with Crippen LogP contribution < -0.4 is 5.73 Å². The average Bonchev–Trinajstić information content (AvgIpc) is 2.60. The van der Waals surface area contributed by atoms with Crippen LogP contribution in [-0.4, -0.2) is 27.1 Å². The summed E-state index contributed by atoms with van der Waals surface area (Å²) in [5, 5.41) is 15.6. The van der Waals surface area contributed by atoms with Crippen molar-refractivity contribution in [3.8, 4) is 0 Å². The minimum atomic E-state index is -1.26. The Morgan fingerprint density at radius 3 is 2.33 bits per heavy atom. The van der Waals surface area contributed by atoms with Gasteiger partial charge >= 0.3 is 11.9 Å². The van der Waals surface area contributed by atoms with Crippen LogP contribution in [-0.2, 0) is 16.0 Å². The lowest BCUT2D eigenvalue weighted by molar-refractivity contribution is -0.134. The summed E-state index contributed by atoms with van der Waals surface area (Å²) < 4.78 is 0. The Kier molecular flexibility index (Phi) is 6.49. The number of nitrogen functional groups attached to an aromatic ring is 1. The number of hydrogen-bond donors (Lipinski definition) is 3. The quantitative estimate of drug-likeness (QED) is 0.717. The van der Waals surface area contributed by atoms with Crippen LogP contribution in [0.25, 0.3) is 11.6 Å². The van der Waals surface area contributed by atoms with E-state index in [9.17, 15) is 9.59 Å². The molecule has 0 aliphatic heterocycles. The minimum absolute atomic E-state index is 0.558. The number of hydrogen-bond acceptors (Lipinski definition) is 4. The smallest absolute Gasteiger partial charge is 0.328 e. The predicted octanol–water partition coefficient (Wildman–Crippen LogP) is 3.48. The molecular formula is C21H22N2O4. The Bertz CT molecular complexity index is 914. The minimum Gasteiger partial charge on any atom is -0.478 e. The monoisotopic (exact) mass is 366 g/mol. The molecule has 0 saturated heterocycles. The van der Waals surface area contributed by atoms with Crippen molar-refractivity contribution >= 4 is 29.3 Å². The number of pyridine rings is 1. The third-order valence-electron chi connectivity index (χ3n) is 4.11. The highest BCUT2D eigenvalue weighted by molar-refractivity contribution is 5.89. The van der Waals surface area contributed by atoms with Crippen LogP contribution in [0.1, 0.15) is 34.4 Å². The molecule has 2 aromatic rings. The number of carboxylic acids is 2. The molecule has 1 aromatic carbocycles. The Hall–Kier alpha value is -3.41. The van der Waals surface area contributed by atoms with E-state index in [0.717, 1.165) is 24.2 Å². The topological polar surface area (TPSA) is 114 Å². The fraction of sp³-hybridized carbons (Fsp3) is 0.190. The number of fused-ring (bicyclic) bond motifs is 1. The first kappa shape index (κ1) is 19.9. The van der Waals surface area contributed by atoms with Crippen molar-refractivity contribution in [1.82, 2.24) is 4.98 Å². The van der Waals surface area contributed by atoms with Crippen molar-refractivity contribution in [2.45, 2.75) is 26.7 Å². The molecule has 27 heavy (non-hydrogen) atoms. The number of aromatic nitrogens is 1. The molecule has 4 N–H and O–H groups in total. The molecule has 0 radical (unpaired) electrons. The summed E-state index contributed by atoms with van der Waals surface area (Å²) in [6, 6.07) is 8.30. The Labute approximate surface area is 157 Å². The van der Waals surface area contributed by atoms with E-state index < -0.39 is 11.9 Å². The van der Waals surface area contributed by atoms with Gasteiger partial charge in [0.25, 0.3) is 0 Å². The van der Waals surface area contributed by atoms with Crippen molar-refractivity contribution in [3.05, 3.63) is 70.6 Å². The third-order valence-corrected chi connectivity index (χ3v) is 4.11. The van der Waals surface area contributed by atoms with Crippen LogP contribution in [0, 0.1) is 13.8 Å².